The van der Waals surface area contributed by atoms with E-state index >= 15 is 0 Å². The zero-order valence-electron chi connectivity index (χ0n) is 13.0. The van der Waals surface area contributed by atoms with Crippen molar-refractivity contribution in [3.8, 4) is 0 Å². The van der Waals surface area contributed by atoms with E-state index in [-0.39, 0.29) is 17.4 Å². The van der Waals surface area contributed by atoms with E-state index in [0.29, 0.717) is 0 Å². The number of hydrogen-bond donors (Lipinski definition) is 1. The van der Waals surface area contributed by atoms with Crippen LogP contribution in [-0.4, -0.2) is 30.1 Å². The molecule has 2 nitrogen and oxygen atoms in total. The van der Waals surface area contributed by atoms with Gasteiger partial charge in [-0.15, -0.1) is 0 Å². The maximum Gasteiger partial charge on any atom is 0.128 e. The highest BCUT2D eigenvalue weighted by Crippen LogP contribution is 2.34. The van der Waals surface area contributed by atoms with Crippen molar-refractivity contribution in [2.24, 2.45) is 0 Å². The van der Waals surface area contributed by atoms with Crippen molar-refractivity contribution >= 4 is 0 Å². The van der Waals surface area contributed by atoms with Crippen LogP contribution in [-0.2, 0) is 0 Å². The average Bonchev–Trinajstić information content (AvgIpc) is 2.95. The lowest BCUT2D eigenvalue weighted by Crippen LogP contribution is -2.52. The van der Waals surface area contributed by atoms with Gasteiger partial charge in [-0.3, -0.25) is 4.90 Å². The van der Waals surface area contributed by atoms with E-state index in [4.69, 9.17) is 0 Å². The van der Waals surface area contributed by atoms with Crippen molar-refractivity contribution in [3.05, 3.63) is 35.6 Å². The van der Waals surface area contributed by atoms with Gasteiger partial charge in [0.2, 0.25) is 0 Å². The second-order valence-electron chi connectivity index (χ2n) is 6.26. The molecule has 1 saturated heterocycles. The molecule has 0 radical (unpaired) electrons. The smallest absolute Gasteiger partial charge is 0.128 e. The topological polar surface area (TPSA) is 15.3 Å². The molecule has 0 saturated carbocycles. The van der Waals surface area contributed by atoms with Crippen molar-refractivity contribution in [2.45, 2.75) is 51.6 Å². The van der Waals surface area contributed by atoms with Crippen LogP contribution in [0, 0.1) is 5.82 Å². The quantitative estimate of drug-likeness (QED) is 0.852. The molecule has 112 valence electrons. The molecule has 0 amide bonds. The van der Waals surface area contributed by atoms with Gasteiger partial charge in [-0.1, -0.05) is 25.1 Å². The zero-order chi connectivity index (χ0) is 14.6. The van der Waals surface area contributed by atoms with E-state index in [9.17, 15) is 4.39 Å². The largest absolute Gasteiger partial charge is 0.308 e. The van der Waals surface area contributed by atoms with E-state index < -0.39 is 0 Å². The lowest BCUT2D eigenvalue weighted by atomic mass is 9.86. The first-order valence-corrected chi connectivity index (χ1v) is 7.80. The third kappa shape index (κ3) is 3.21. The van der Waals surface area contributed by atoms with Gasteiger partial charge in [0.05, 0.1) is 6.04 Å². The van der Waals surface area contributed by atoms with Gasteiger partial charge in [0.25, 0.3) is 0 Å². The van der Waals surface area contributed by atoms with Gasteiger partial charge in [-0.25, -0.2) is 4.39 Å². The molecule has 2 rings (SSSR count). The summed E-state index contributed by atoms with van der Waals surface area (Å²) in [5.74, 6) is -0.103. The Bertz CT molecular complexity index is 425. The minimum Gasteiger partial charge on any atom is -0.308 e. The maximum atomic E-state index is 14.2. The van der Waals surface area contributed by atoms with Crippen LogP contribution in [0.15, 0.2) is 24.3 Å². The fourth-order valence-corrected chi connectivity index (χ4v) is 3.21. The molecule has 0 aliphatic carbocycles. The van der Waals surface area contributed by atoms with E-state index in [1.54, 1.807) is 12.1 Å². The van der Waals surface area contributed by atoms with Gasteiger partial charge in [-0.2, -0.15) is 0 Å². The summed E-state index contributed by atoms with van der Waals surface area (Å²) in [6.45, 7) is 9.76. The fraction of sp³-hybridized carbons (Fsp3) is 0.647. The first kappa shape index (κ1) is 15.5. The Hall–Kier alpha value is -0.930. The molecule has 1 N–H and O–H groups in total. The fourth-order valence-electron chi connectivity index (χ4n) is 3.21. The molecule has 0 spiro atoms. The summed E-state index contributed by atoms with van der Waals surface area (Å²) in [6.07, 6.45) is 3.56. The molecule has 1 unspecified atom stereocenters. The standard InChI is InChI=1S/C17H27FN2/c1-4-11-19-16(14-9-5-6-10-15(14)18)17(2,3)20-12-7-8-13-20/h5-6,9-10,16,19H,4,7-8,11-13H2,1-3H3. The molecule has 1 atom stereocenters. The van der Waals surface area contributed by atoms with E-state index in [2.05, 4.69) is 31.0 Å². The van der Waals surface area contributed by atoms with Crippen LogP contribution in [0.3, 0.4) is 0 Å². The van der Waals surface area contributed by atoms with Crippen LogP contribution in [0.4, 0.5) is 4.39 Å². The van der Waals surface area contributed by atoms with E-state index in [1.807, 2.05) is 12.1 Å². The van der Waals surface area contributed by atoms with Gasteiger partial charge in [0.15, 0.2) is 0 Å². The van der Waals surface area contributed by atoms with Crippen molar-refractivity contribution in [1.82, 2.24) is 10.2 Å². The average molecular weight is 278 g/mol. The van der Waals surface area contributed by atoms with Crippen LogP contribution in [0.5, 0.6) is 0 Å². The molecule has 1 heterocycles. The minimum absolute atomic E-state index is 0.0294. The Kier molecular flexibility index (Phi) is 5.17. The highest BCUT2D eigenvalue weighted by Gasteiger charge is 2.38. The van der Waals surface area contributed by atoms with Gasteiger partial charge in [-0.05, 0) is 58.8 Å². The van der Waals surface area contributed by atoms with Gasteiger partial charge >= 0.3 is 0 Å². The van der Waals surface area contributed by atoms with Crippen LogP contribution < -0.4 is 5.32 Å². The number of rotatable bonds is 6. The maximum absolute atomic E-state index is 14.2. The number of halogens is 1. The number of nitrogens with one attached hydrogen (secondary N) is 1. The van der Waals surface area contributed by atoms with Gasteiger partial charge < -0.3 is 5.32 Å². The Morgan fingerprint density at radius 3 is 2.50 bits per heavy atom. The number of likely N-dealkylation sites (tertiary alicyclic amines) is 1. The Morgan fingerprint density at radius 1 is 1.25 bits per heavy atom. The van der Waals surface area contributed by atoms with E-state index in [0.717, 1.165) is 31.6 Å². The molecule has 1 aromatic rings. The molecule has 1 aliphatic heterocycles. The molecular weight excluding hydrogens is 251 g/mol. The predicted molar refractivity (Wildman–Crippen MR) is 82.3 cm³/mol. The first-order valence-electron chi connectivity index (χ1n) is 7.80. The van der Waals surface area contributed by atoms with Crippen LogP contribution in [0.25, 0.3) is 0 Å². The second kappa shape index (κ2) is 6.68. The highest BCUT2D eigenvalue weighted by atomic mass is 19.1. The lowest BCUT2D eigenvalue weighted by molar-refractivity contribution is 0.105. The summed E-state index contributed by atoms with van der Waals surface area (Å²) >= 11 is 0. The van der Waals surface area contributed by atoms with Crippen molar-refractivity contribution in [1.29, 1.82) is 0 Å². The van der Waals surface area contributed by atoms with Crippen molar-refractivity contribution in [3.63, 3.8) is 0 Å². The van der Waals surface area contributed by atoms with Crippen LogP contribution >= 0.6 is 0 Å². The monoisotopic (exact) mass is 278 g/mol. The lowest BCUT2D eigenvalue weighted by Gasteiger charge is -2.43. The third-order valence-electron chi connectivity index (χ3n) is 4.44. The molecule has 0 aromatic heterocycles. The zero-order valence-corrected chi connectivity index (χ0v) is 13.0. The molecule has 1 aliphatic rings. The number of nitrogens with zero attached hydrogens (tertiary/aromatic N) is 1. The molecule has 20 heavy (non-hydrogen) atoms. The van der Waals surface area contributed by atoms with Crippen molar-refractivity contribution in [2.75, 3.05) is 19.6 Å². The third-order valence-corrected chi connectivity index (χ3v) is 4.44. The summed E-state index contributed by atoms with van der Waals surface area (Å²) < 4.78 is 14.2. The number of benzene rings is 1. The van der Waals surface area contributed by atoms with Crippen molar-refractivity contribution < 1.29 is 4.39 Å². The van der Waals surface area contributed by atoms with E-state index in [1.165, 1.54) is 12.8 Å². The second-order valence-corrected chi connectivity index (χ2v) is 6.26. The van der Waals surface area contributed by atoms with Gasteiger partial charge in [0, 0.05) is 11.1 Å². The molecule has 0 bridgehead atoms. The summed E-state index contributed by atoms with van der Waals surface area (Å²) in [4.78, 5) is 2.49. The Morgan fingerprint density at radius 2 is 1.90 bits per heavy atom. The first-order chi connectivity index (χ1) is 9.57. The minimum atomic E-state index is -0.103. The summed E-state index contributed by atoms with van der Waals surface area (Å²) in [5.41, 5.74) is 0.714. The normalized spacial score (nSPS) is 18.4. The Labute approximate surface area is 122 Å². The predicted octanol–water partition coefficient (Wildman–Crippen LogP) is 3.74. The van der Waals surface area contributed by atoms with Crippen LogP contribution in [0.2, 0.25) is 0 Å². The molecule has 1 aromatic carbocycles. The summed E-state index contributed by atoms with van der Waals surface area (Å²) in [6, 6.07) is 7.20. The molecule has 1 fully saturated rings. The van der Waals surface area contributed by atoms with Crippen LogP contribution in [0.1, 0.15) is 51.6 Å². The SMILES string of the molecule is CCCNC(c1ccccc1F)C(C)(C)N1CCCC1. The molecule has 3 heteroatoms. The summed E-state index contributed by atoms with van der Waals surface area (Å²) in [7, 11) is 0. The van der Waals surface area contributed by atoms with Gasteiger partial charge in [0.1, 0.15) is 5.82 Å². The number of hydrogen-bond acceptors (Lipinski definition) is 2. The molecular formula is C17H27FN2. The Balaban J connectivity index is 2.29. The summed E-state index contributed by atoms with van der Waals surface area (Å²) in [5, 5.41) is 3.56. The highest BCUT2D eigenvalue weighted by molar-refractivity contribution is 5.25.